The van der Waals surface area contributed by atoms with Gasteiger partial charge in [0.05, 0.1) is 5.69 Å². The van der Waals surface area contributed by atoms with Gasteiger partial charge in [-0.15, -0.1) is 0 Å². The summed E-state index contributed by atoms with van der Waals surface area (Å²) < 4.78 is 0. The Balaban J connectivity index is 2.39. The van der Waals surface area contributed by atoms with Crippen molar-refractivity contribution >= 4 is 17.2 Å². The van der Waals surface area contributed by atoms with E-state index in [0.29, 0.717) is 0 Å². The summed E-state index contributed by atoms with van der Waals surface area (Å²) in [5.41, 5.74) is 5.69. The van der Waals surface area contributed by atoms with Crippen LogP contribution in [0, 0.1) is 0 Å². The highest BCUT2D eigenvalue weighted by molar-refractivity contribution is 5.96. The molecule has 88 valence electrons. The van der Waals surface area contributed by atoms with Crippen LogP contribution in [0.4, 0.5) is 0 Å². The summed E-state index contributed by atoms with van der Waals surface area (Å²) in [7, 11) is 2.09. The van der Waals surface area contributed by atoms with Crippen LogP contribution in [0.25, 0.3) is 10.9 Å². The second-order valence-electron chi connectivity index (χ2n) is 4.79. The number of aromatic nitrogens is 1. The molecule has 0 radical (unpaired) electrons. The van der Waals surface area contributed by atoms with Crippen LogP contribution in [0.2, 0.25) is 0 Å². The molecular formula is C14H16N2O. The van der Waals surface area contributed by atoms with Crippen molar-refractivity contribution < 1.29 is 4.79 Å². The number of carbonyl (C=O) groups excluding carboxylic acids is 1. The molecule has 2 heterocycles. The van der Waals surface area contributed by atoms with E-state index in [1.54, 1.807) is 0 Å². The van der Waals surface area contributed by atoms with Crippen LogP contribution in [0.15, 0.2) is 12.1 Å². The van der Waals surface area contributed by atoms with Gasteiger partial charge in [0.1, 0.15) is 0 Å². The van der Waals surface area contributed by atoms with Crippen molar-refractivity contribution in [2.75, 3.05) is 7.05 Å². The number of H-pyrrole nitrogens is 1. The molecule has 1 aromatic heterocycles. The fourth-order valence-electron chi connectivity index (χ4n) is 2.83. The first-order valence-electron chi connectivity index (χ1n) is 6.03. The van der Waals surface area contributed by atoms with Gasteiger partial charge in [0.15, 0.2) is 6.29 Å². The Morgan fingerprint density at radius 1 is 1.41 bits per heavy atom. The van der Waals surface area contributed by atoms with Gasteiger partial charge in [-0.1, -0.05) is 19.1 Å². The minimum absolute atomic E-state index is 0.744. The van der Waals surface area contributed by atoms with Crippen LogP contribution in [0.1, 0.15) is 34.1 Å². The maximum Gasteiger partial charge on any atom is 0.166 e. The third kappa shape index (κ3) is 1.42. The van der Waals surface area contributed by atoms with Crippen molar-refractivity contribution in [2.45, 2.75) is 26.4 Å². The molecule has 0 saturated heterocycles. The van der Waals surface area contributed by atoms with E-state index >= 15 is 0 Å². The fourth-order valence-corrected chi connectivity index (χ4v) is 2.83. The molecule has 3 nitrogen and oxygen atoms in total. The number of aldehydes is 1. The molecule has 0 bridgehead atoms. The summed E-state index contributed by atoms with van der Waals surface area (Å²) in [6, 6.07) is 4.37. The lowest BCUT2D eigenvalue weighted by atomic mass is 9.97. The lowest BCUT2D eigenvalue weighted by molar-refractivity contribution is 0.111. The van der Waals surface area contributed by atoms with E-state index in [2.05, 4.69) is 36.0 Å². The Morgan fingerprint density at radius 2 is 2.24 bits per heavy atom. The molecule has 0 unspecified atom stereocenters. The highest BCUT2D eigenvalue weighted by Crippen LogP contribution is 2.33. The molecular weight excluding hydrogens is 212 g/mol. The van der Waals surface area contributed by atoms with Crippen LogP contribution < -0.4 is 0 Å². The minimum atomic E-state index is 0.744. The molecule has 0 fully saturated rings. The van der Waals surface area contributed by atoms with Crippen molar-refractivity contribution in [1.29, 1.82) is 0 Å². The number of hydrogen-bond acceptors (Lipinski definition) is 2. The summed E-state index contributed by atoms with van der Waals surface area (Å²) in [4.78, 5) is 16.7. The molecule has 1 aliphatic heterocycles. The minimum Gasteiger partial charge on any atom is -0.352 e. The van der Waals surface area contributed by atoms with Crippen LogP contribution in [0.5, 0.6) is 0 Å². The first kappa shape index (κ1) is 10.5. The molecule has 0 saturated carbocycles. The van der Waals surface area contributed by atoms with Crippen LogP contribution in [-0.4, -0.2) is 23.2 Å². The Hall–Kier alpha value is -1.61. The van der Waals surface area contributed by atoms with Crippen molar-refractivity contribution in [2.24, 2.45) is 0 Å². The Morgan fingerprint density at radius 3 is 2.94 bits per heavy atom. The number of benzene rings is 1. The maximum absolute atomic E-state index is 11.1. The third-order valence-electron chi connectivity index (χ3n) is 3.63. The van der Waals surface area contributed by atoms with Crippen molar-refractivity contribution in [3.63, 3.8) is 0 Å². The zero-order chi connectivity index (χ0) is 12.0. The molecule has 1 N–H and O–H groups in total. The Bertz CT molecular complexity index is 598. The summed E-state index contributed by atoms with van der Waals surface area (Å²) >= 11 is 0. The monoisotopic (exact) mass is 228 g/mol. The van der Waals surface area contributed by atoms with Crippen molar-refractivity contribution in [3.05, 3.63) is 34.5 Å². The van der Waals surface area contributed by atoms with Gasteiger partial charge in [-0.05, 0) is 24.6 Å². The largest absolute Gasteiger partial charge is 0.352 e. The van der Waals surface area contributed by atoms with E-state index in [9.17, 15) is 4.79 Å². The summed E-state index contributed by atoms with van der Waals surface area (Å²) in [6.07, 6.45) is 1.93. The molecule has 2 aromatic rings. The zero-order valence-corrected chi connectivity index (χ0v) is 10.2. The number of nitrogens with zero attached hydrogens (tertiary/aromatic N) is 1. The van der Waals surface area contributed by atoms with Crippen molar-refractivity contribution in [3.8, 4) is 0 Å². The number of aromatic amines is 1. The van der Waals surface area contributed by atoms with E-state index in [4.69, 9.17) is 0 Å². The van der Waals surface area contributed by atoms with Crippen molar-refractivity contribution in [1.82, 2.24) is 9.88 Å². The van der Waals surface area contributed by atoms with Gasteiger partial charge in [0.2, 0.25) is 0 Å². The number of hydrogen-bond donors (Lipinski definition) is 1. The molecule has 0 spiro atoms. The normalized spacial score (nSPS) is 15.4. The second kappa shape index (κ2) is 3.70. The SMILES string of the molecule is CCc1ccc2c3c(c(C=O)[nH]c13)CN(C)C2. The molecule has 17 heavy (non-hydrogen) atoms. The molecule has 0 amide bonds. The van der Waals surface area contributed by atoms with E-state index < -0.39 is 0 Å². The highest BCUT2D eigenvalue weighted by Gasteiger charge is 2.22. The number of rotatable bonds is 2. The van der Waals surface area contributed by atoms with Gasteiger partial charge in [-0.25, -0.2) is 0 Å². The second-order valence-corrected chi connectivity index (χ2v) is 4.79. The molecule has 0 aliphatic carbocycles. The third-order valence-corrected chi connectivity index (χ3v) is 3.63. The zero-order valence-electron chi connectivity index (χ0n) is 10.2. The first-order chi connectivity index (χ1) is 8.24. The first-order valence-corrected chi connectivity index (χ1v) is 6.03. The van der Waals surface area contributed by atoms with Gasteiger partial charge >= 0.3 is 0 Å². The molecule has 3 heteroatoms. The number of carbonyl (C=O) groups is 1. The van der Waals surface area contributed by atoms with Gasteiger partial charge in [-0.3, -0.25) is 9.69 Å². The average molecular weight is 228 g/mol. The highest BCUT2D eigenvalue weighted by atomic mass is 16.1. The summed E-state index contributed by atoms with van der Waals surface area (Å²) in [5, 5.41) is 1.28. The molecule has 3 rings (SSSR count). The number of aryl methyl sites for hydroxylation is 1. The predicted octanol–water partition coefficient (Wildman–Crippen LogP) is 2.49. The molecule has 1 aromatic carbocycles. The molecule has 0 atom stereocenters. The van der Waals surface area contributed by atoms with Gasteiger partial charge in [0.25, 0.3) is 0 Å². The average Bonchev–Trinajstić information content (AvgIpc) is 2.69. The summed E-state index contributed by atoms with van der Waals surface area (Å²) in [6.45, 7) is 3.96. The maximum atomic E-state index is 11.1. The predicted molar refractivity (Wildman–Crippen MR) is 68.2 cm³/mol. The Kier molecular flexibility index (Phi) is 2.30. The lowest BCUT2D eigenvalue weighted by Crippen LogP contribution is -2.21. The smallest absolute Gasteiger partial charge is 0.166 e. The topological polar surface area (TPSA) is 36.1 Å². The number of nitrogens with one attached hydrogen (secondary N) is 1. The van der Waals surface area contributed by atoms with Crippen LogP contribution >= 0.6 is 0 Å². The molecule has 1 aliphatic rings. The Labute approximate surface area is 100 Å². The standard InChI is InChI=1S/C14H16N2O/c1-3-9-4-5-10-6-16(2)7-11-12(8-17)15-14(9)13(10)11/h4-5,8,15H,3,6-7H2,1-2H3. The van der Waals surface area contributed by atoms with E-state index in [0.717, 1.165) is 42.6 Å². The van der Waals surface area contributed by atoms with Gasteiger partial charge < -0.3 is 4.98 Å². The van der Waals surface area contributed by atoms with E-state index in [1.165, 1.54) is 16.5 Å². The van der Waals surface area contributed by atoms with Crippen LogP contribution in [-0.2, 0) is 19.5 Å². The van der Waals surface area contributed by atoms with Gasteiger partial charge in [-0.2, -0.15) is 0 Å². The van der Waals surface area contributed by atoms with E-state index in [1.807, 2.05) is 0 Å². The van der Waals surface area contributed by atoms with Gasteiger partial charge in [0, 0.05) is 29.6 Å². The van der Waals surface area contributed by atoms with E-state index in [-0.39, 0.29) is 0 Å². The lowest BCUT2D eigenvalue weighted by Gasteiger charge is -2.23. The summed E-state index contributed by atoms with van der Waals surface area (Å²) in [5.74, 6) is 0. The fraction of sp³-hybridized carbons (Fsp3) is 0.357. The van der Waals surface area contributed by atoms with Crippen LogP contribution in [0.3, 0.4) is 0 Å². The quantitative estimate of drug-likeness (QED) is 0.802.